The monoisotopic (exact) mass is 343 g/mol. The van der Waals surface area contributed by atoms with Crippen LogP contribution in [0.3, 0.4) is 0 Å². The molecule has 1 N–H and O–H groups in total. The van der Waals surface area contributed by atoms with Crippen molar-refractivity contribution in [2.45, 2.75) is 45.3 Å². The smallest absolute Gasteiger partial charge is 0.137 e. The van der Waals surface area contributed by atoms with Crippen molar-refractivity contribution in [1.29, 1.82) is 0 Å². The Morgan fingerprint density at radius 2 is 2.25 bits per heavy atom. The Kier molecular flexibility index (Phi) is 6.00. The summed E-state index contributed by atoms with van der Waals surface area (Å²) < 4.78 is 19.7. The molecule has 3 unspecified atom stereocenters. The SMILES string of the molecule is CCNC(Cc1ccc(F)c(Br)c1)C1CCOC1CC. The van der Waals surface area contributed by atoms with Crippen molar-refractivity contribution in [3.63, 3.8) is 0 Å². The first-order valence-corrected chi connectivity index (χ1v) is 8.23. The van der Waals surface area contributed by atoms with Gasteiger partial charge in [-0.15, -0.1) is 0 Å². The highest BCUT2D eigenvalue weighted by atomic mass is 79.9. The average molecular weight is 344 g/mol. The molecular formula is C16H23BrFNO. The third-order valence-electron chi connectivity index (χ3n) is 4.09. The van der Waals surface area contributed by atoms with Gasteiger partial charge in [0.15, 0.2) is 0 Å². The number of hydrogen-bond acceptors (Lipinski definition) is 2. The van der Waals surface area contributed by atoms with E-state index in [2.05, 4.69) is 35.1 Å². The number of ether oxygens (including phenoxy) is 1. The predicted molar refractivity (Wildman–Crippen MR) is 83.4 cm³/mol. The van der Waals surface area contributed by atoms with Gasteiger partial charge in [-0.25, -0.2) is 4.39 Å². The summed E-state index contributed by atoms with van der Waals surface area (Å²) >= 11 is 3.26. The normalized spacial score (nSPS) is 24.0. The first-order valence-electron chi connectivity index (χ1n) is 7.44. The summed E-state index contributed by atoms with van der Waals surface area (Å²) in [6.07, 6.45) is 3.43. The zero-order chi connectivity index (χ0) is 14.5. The average Bonchev–Trinajstić information content (AvgIpc) is 2.90. The molecule has 112 valence electrons. The van der Waals surface area contributed by atoms with E-state index >= 15 is 0 Å². The lowest BCUT2D eigenvalue weighted by Crippen LogP contribution is -2.41. The summed E-state index contributed by atoms with van der Waals surface area (Å²) in [5.41, 5.74) is 1.16. The molecular weight excluding hydrogens is 321 g/mol. The van der Waals surface area contributed by atoms with Crippen molar-refractivity contribution in [2.24, 2.45) is 5.92 Å². The first-order chi connectivity index (χ1) is 9.65. The van der Waals surface area contributed by atoms with Crippen molar-refractivity contribution in [3.05, 3.63) is 34.1 Å². The molecule has 2 rings (SSSR count). The Hall–Kier alpha value is -0.450. The molecule has 1 fully saturated rings. The van der Waals surface area contributed by atoms with Gasteiger partial charge in [-0.3, -0.25) is 0 Å². The molecule has 1 aliphatic rings. The van der Waals surface area contributed by atoms with Crippen molar-refractivity contribution in [3.8, 4) is 0 Å². The summed E-state index contributed by atoms with van der Waals surface area (Å²) in [6.45, 7) is 6.11. The summed E-state index contributed by atoms with van der Waals surface area (Å²) in [7, 11) is 0. The lowest BCUT2D eigenvalue weighted by Gasteiger charge is -2.28. The Balaban J connectivity index is 2.10. The van der Waals surface area contributed by atoms with Gasteiger partial charge < -0.3 is 10.1 Å². The van der Waals surface area contributed by atoms with E-state index in [1.54, 1.807) is 0 Å². The molecule has 0 aromatic heterocycles. The molecule has 0 saturated carbocycles. The Labute approximate surface area is 129 Å². The molecule has 1 aromatic rings. The van der Waals surface area contributed by atoms with Gasteiger partial charge in [0.25, 0.3) is 0 Å². The van der Waals surface area contributed by atoms with E-state index in [9.17, 15) is 4.39 Å². The number of nitrogens with one attached hydrogen (secondary N) is 1. The third-order valence-corrected chi connectivity index (χ3v) is 4.69. The van der Waals surface area contributed by atoms with Crippen LogP contribution in [0.1, 0.15) is 32.3 Å². The third kappa shape index (κ3) is 3.80. The zero-order valence-electron chi connectivity index (χ0n) is 12.2. The quantitative estimate of drug-likeness (QED) is 0.845. The molecule has 0 spiro atoms. The van der Waals surface area contributed by atoms with Crippen LogP contribution in [0.15, 0.2) is 22.7 Å². The molecule has 2 nitrogen and oxygen atoms in total. The van der Waals surface area contributed by atoms with Gasteiger partial charge in [-0.05, 0) is 59.4 Å². The molecule has 0 radical (unpaired) electrons. The lowest BCUT2D eigenvalue weighted by atomic mass is 9.87. The molecule has 3 atom stereocenters. The Morgan fingerprint density at radius 1 is 1.45 bits per heavy atom. The second-order valence-electron chi connectivity index (χ2n) is 5.39. The maximum atomic E-state index is 13.3. The minimum Gasteiger partial charge on any atom is -0.378 e. The maximum absolute atomic E-state index is 13.3. The molecule has 1 aliphatic heterocycles. The fourth-order valence-electron chi connectivity index (χ4n) is 3.10. The molecule has 0 bridgehead atoms. The highest BCUT2D eigenvalue weighted by molar-refractivity contribution is 9.10. The first kappa shape index (κ1) is 15.9. The van der Waals surface area contributed by atoms with Crippen LogP contribution in [0.5, 0.6) is 0 Å². The minimum atomic E-state index is -0.204. The lowest BCUT2D eigenvalue weighted by molar-refractivity contribution is 0.0776. The fraction of sp³-hybridized carbons (Fsp3) is 0.625. The number of hydrogen-bond donors (Lipinski definition) is 1. The minimum absolute atomic E-state index is 0.204. The second kappa shape index (κ2) is 7.53. The zero-order valence-corrected chi connectivity index (χ0v) is 13.7. The molecule has 1 heterocycles. The van der Waals surface area contributed by atoms with Crippen LogP contribution >= 0.6 is 15.9 Å². The Morgan fingerprint density at radius 3 is 2.90 bits per heavy atom. The van der Waals surface area contributed by atoms with Gasteiger partial charge in [0.1, 0.15) is 5.82 Å². The molecule has 1 saturated heterocycles. The van der Waals surface area contributed by atoms with Gasteiger partial charge in [0.05, 0.1) is 10.6 Å². The van der Waals surface area contributed by atoms with Crippen LogP contribution in [0, 0.1) is 11.7 Å². The Bertz CT molecular complexity index is 440. The summed E-state index contributed by atoms with van der Waals surface area (Å²) in [5, 5.41) is 3.58. The summed E-state index contributed by atoms with van der Waals surface area (Å²) in [5.74, 6) is 0.341. The largest absolute Gasteiger partial charge is 0.378 e. The van der Waals surface area contributed by atoms with E-state index in [1.807, 2.05) is 12.1 Å². The van der Waals surface area contributed by atoms with Crippen molar-refractivity contribution >= 4 is 15.9 Å². The van der Waals surface area contributed by atoms with Crippen LogP contribution < -0.4 is 5.32 Å². The number of rotatable bonds is 6. The van der Waals surface area contributed by atoms with Crippen molar-refractivity contribution < 1.29 is 9.13 Å². The standard InChI is InChI=1S/C16H23BrFNO/c1-3-16-12(7-8-20-16)15(19-4-2)10-11-5-6-14(18)13(17)9-11/h5-6,9,12,15-16,19H,3-4,7-8,10H2,1-2H3. The van der Waals surface area contributed by atoms with E-state index in [0.717, 1.165) is 38.0 Å². The van der Waals surface area contributed by atoms with Crippen LogP contribution in [-0.2, 0) is 11.2 Å². The predicted octanol–water partition coefficient (Wildman–Crippen LogP) is 3.92. The molecule has 0 amide bonds. The molecule has 1 aromatic carbocycles. The molecule has 20 heavy (non-hydrogen) atoms. The highest BCUT2D eigenvalue weighted by Crippen LogP contribution is 2.29. The number of benzene rings is 1. The van der Waals surface area contributed by atoms with Crippen molar-refractivity contribution in [2.75, 3.05) is 13.2 Å². The van der Waals surface area contributed by atoms with Gasteiger partial charge >= 0.3 is 0 Å². The van der Waals surface area contributed by atoms with Gasteiger partial charge in [-0.2, -0.15) is 0 Å². The summed E-state index contributed by atoms with van der Waals surface area (Å²) in [4.78, 5) is 0. The fourth-order valence-corrected chi connectivity index (χ4v) is 3.53. The number of likely N-dealkylation sites (N-methyl/N-ethyl adjacent to an activating group) is 1. The van der Waals surface area contributed by atoms with Crippen molar-refractivity contribution in [1.82, 2.24) is 5.32 Å². The van der Waals surface area contributed by atoms with E-state index in [-0.39, 0.29) is 5.82 Å². The molecule has 0 aliphatic carbocycles. The van der Waals surface area contributed by atoms with E-state index < -0.39 is 0 Å². The van der Waals surface area contributed by atoms with Crippen LogP contribution in [0.25, 0.3) is 0 Å². The van der Waals surface area contributed by atoms with E-state index in [4.69, 9.17) is 4.74 Å². The second-order valence-corrected chi connectivity index (χ2v) is 6.24. The van der Waals surface area contributed by atoms with Crippen LogP contribution in [0.2, 0.25) is 0 Å². The number of halogens is 2. The topological polar surface area (TPSA) is 21.3 Å². The summed E-state index contributed by atoms with van der Waals surface area (Å²) in [6, 6.07) is 5.69. The highest BCUT2D eigenvalue weighted by Gasteiger charge is 2.33. The van der Waals surface area contributed by atoms with E-state index in [0.29, 0.717) is 22.5 Å². The van der Waals surface area contributed by atoms with Gasteiger partial charge in [0, 0.05) is 18.6 Å². The van der Waals surface area contributed by atoms with Crippen LogP contribution in [-0.4, -0.2) is 25.3 Å². The maximum Gasteiger partial charge on any atom is 0.137 e. The molecule has 4 heteroatoms. The van der Waals surface area contributed by atoms with Crippen LogP contribution in [0.4, 0.5) is 4.39 Å². The van der Waals surface area contributed by atoms with Gasteiger partial charge in [0.2, 0.25) is 0 Å². The van der Waals surface area contributed by atoms with Gasteiger partial charge in [-0.1, -0.05) is 19.9 Å². The van der Waals surface area contributed by atoms with E-state index in [1.165, 1.54) is 6.07 Å².